The van der Waals surface area contributed by atoms with E-state index in [-0.39, 0.29) is 38.3 Å². The molecule has 0 unspecified atom stereocenters. The predicted octanol–water partition coefficient (Wildman–Crippen LogP) is 11.2. The van der Waals surface area contributed by atoms with E-state index in [0.29, 0.717) is 61.5 Å². The second kappa shape index (κ2) is 23.4. The Labute approximate surface area is 359 Å². The van der Waals surface area contributed by atoms with Gasteiger partial charge in [0.25, 0.3) is 0 Å². The van der Waals surface area contributed by atoms with Crippen molar-refractivity contribution in [1.29, 1.82) is 0 Å². The fraction of sp³-hybridized carbons (Fsp3) is 0.458. The van der Waals surface area contributed by atoms with Crippen LogP contribution in [0.1, 0.15) is 87.8 Å². The molecule has 0 spiro atoms. The monoisotopic (exact) mass is 874 g/mol. The first-order chi connectivity index (χ1) is 29.4. The first kappa shape index (κ1) is 49.6. The van der Waals surface area contributed by atoms with Gasteiger partial charge in [-0.25, -0.2) is 9.59 Å². The third-order valence-electron chi connectivity index (χ3n) is 9.48. The molecule has 0 aliphatic rings. The zero-order valence-electron chi connectivity index (χ0n) is 36.0. The number of aryl methyl sites for hydroxylation is 2. The minimum absolute atomic E-state index is 0.176. The summed E-state index contributed by atoms with van der Waals surface area (Å²) in [6.45, 7) is 11.6. The van der Waals surface area contributed by atoms with Crippen molar-refractivity contribution < 1.29 is 64.4 Å². The van der Waals surface area contributed by atoms with Gasteiger partial charge in [0.15, 0.2) is 12.2 Å². The highest BCUT2D eigenvalue weighted by atomic mass is 19.4. The van der Waals surface area contributed by atoms with Crippen LogP contribution in [-0.4, -0.2) is 62.8 Å². The lowest BCUT2D eigenvalue weighted by atomic mass is 9.91. The SMILES string of the molecule is CCO[C@@H](Cc1ccc(OCCCc2ccc(-c3ccc(CCCOc4ccc(C[C@H](OCC)C(=O)OC(C)C)cc4)cc3C(F)(F)F)c(C(F)(F)F)c2)cc1)C(=O)OC(C)C. The van der Waals surface area contributed by atoms with Crippen molar-refractivity contribution in [3.63, 3.8) is 0 Å². The van der Waals surface area contributed by atoms with Crippen LogP contribution in [0, 0.1) is 0 Å². The highest BCUT2D eigenvalue weighted by molar-refractivity contribution is 5.76. The summed E-state index contributed by atoms with van der Waals surface area (Å²) in [6, 6.07) is 20.8. The largest absolute Gasteiger partial charge is 0.494 e. The maximum Gasteiger partial charge on any atom is 0.417 e. The number of alkyl halides is 6. The third kappa shape index (κ3) is 15.7. The van der Waals surface area contributed by atoms with E-state index in [9.17, 15) is 35.9 Å². The van der Waals surface area contributed by atoms with Crippen LogP contribution in [0.4, 0.5) is 26.3 Å². The van der Waals surface area contributed by atoms with Gasteiger partial charge in [-0.2, -0.15) is 26.3 Å². The van der Waals surface area contributed by atoms with Crippen molar-refractivity contribution >= 4 is 11.9 Å². The van der Waals surface area contributed by atoms with Crippen LogP contribution in [0.15, 0.2) is 84.9 Å². The summed E-state index contributed by atoms with van der Waals surface area (Å²) >= 11 is 0. The van der Waals surface area contributed by atoms with Crippen LogP contribution < -0.4 is 9.47 Å². The lowest BCUT2D eigenvalue weighted by Crippen LogP contribution is -2.30. The molecule has 4 rings (SSSR count). The summed E-state index contributed by atoms with van der Waals surface area (Å²) in [6.07, 6.45) is -10.2. The average Bonchev–Trinajstić information content (AvgIpc) is 3.20. The van der Waals surface area contributed by atoms with Crippen LogP contribution >= 0.6 is 0 Å². The van der Waals surface area contributed by atoms with Gasteiger partial charge in [-0.1, -0.05) is 48.5 Å². The molecule has 0 saturated carbocycles. The molecule has 338 valence electrons. The summed E-state index contributed by atoms with van der Waals surface area (Å²) in [5.41, 5.74) is -1.19. The predicted molar refractivity (Wildman–Crippen MR) is 223 cm³/mol. The van der Waals surface area contributed by atoms with Crippen molar-refractivity contribution in [1.82, 2.24) is 0 Å². The first-order valence-electron chi connectivity index (χ1n) is 20.9. The smallest absolute Gasteiger partial charge is 0.417 e. The number of benzene rings is 4. The fourth-order valence-corrected chi connectivity index (χ4v) is 6.68. The van der Waals surface area contributed by atoms with Gasteiger partial charge in [-0.15, -0.1) is 0 Å². The molecule has 0 aliphatic carbocycles. The van der Waals surface area contributed by atoms with E-state index in [0.717, 1.165) is 35.4 Å². The minimum atomic E-state index is -4.92. The number of rotatable bonds is 23. The van der Waals surface area contributed by atoms with E-state index >= 15 is 0 Å². The molecule has 8 nitrogen and oxygen atoms in total. The van der Waals surface area contributed by atoms with Crippen molar-refractivity contribution in [2.75, 3.05) is 26.4 Å². The van der Waals surface area contributed by atoms with Crippen LogP contribution in [0.3, 0.4) is 0 Å². The van der Waals surface area contributed by atoms with Gasteiger partial charge < -0.3 is 28.4 Å². The van der Waals surface area contributed by atoms with Gasteiger partial charge >= 0.3 is 24.3 Å². The number of ether oxygens (including phenoxy) is 6. The van der Waals surface area contributed by atoms with Crippen LogP contribution in [0.25, 0.3) is 11.1 Å². The quantitative estimate of drug-likeness (QED) is 0.0414. The molecular weight excluding hydrogens is 819 g/mol. The molecule has 0 bridgehead atoms. The number of esters is 2. The normalized spacial score (nSPS) is 12.9. The highest BCUT2D eigenvalue weighted by Gasteiger charge is 2.39. The number of carbonyl (C=O) groups excluding carboxylic acids is 2. The van der Waals surface area contributed by atoms with Crippen LogP contribution in [-0.2, 0) is 66.6 Å². The van der Waals surface area contributed by atoms with Crippen LogP contribution in [0.5, 0.6) is 11.5 Å². The topological polar surface area (TPSA) is 89.5 Å². The molecule has 0 aromatic heterocycles. The highest BCUT2D eigenvalue weighted by Crippen LogP contribution is 2.43. The second-order valence-electron chi connectivity index (χ2n) is 15.2. The van der Waals surface area contributed by atoms with Crippen molar-refractivity contribution in [2.45, 2.75) is 117 Å². The standard InChI is InChI=1S/C48H56F6O8/c1-7-57-43(45(55)61-31(3)4)29-35-13-19-37(20-14-35)59-25-9-11-33-17-23-39(41(27-33)47(49,50)51)40-24-18-34(28-42(40)48(52,53)54)12-10-26-60-38-21-15-36(16-22-38)30-44(58-8-2)46(56)62-32(5)6/h13-24,27-28,31-32,43-44H,7-12,25-26,29-30H2,1-6H3/t43-,44-/m0/s1. The van der Waals surface area contributed by atoms with Crippen molar-refractivity contribution in [3.8, 4) is 22.6 Å². The number of carbonyl (C=O) groups is 2. The second-order valence-corrected chi connectivity index (χ2v) is 15.2. The molecular formula is C48H56F6O8. The Balaban J connectivity index is 1.35. The molecule has 14 heteroatoms. The lowest BCUT2D eigenvalue weighted by Gasteiger charge is -2.19. The number of hydrogen-bond acceptors (Lipinski definition) is 8. The van der Waals surface area contributed by atoms with E-state index in [1.54, 1.807) is 90.1 Å². The molecule has 0 saturated heterocycles. The molecule has 0 amide bonds. The zero-order valence-corrected chi connectivity index (χ0v) is 36.0. The molecule has 0 fully saturated rings. The molecule has 4 aromatic rings. The Bertz CT molecular complexity index is 1870. The molecule has 0 heterocycles. The maximum atomic E-state index is 14.4. The Morgan fingerprint density at radius 2 is 0.855 bits per heavy atom. The average molecular weight is 875 g/mol. The van der Waals surface area contributed by atoms with E-state index in [4.69, 9.17) is 28.4 Å². The first-order valence-corrected chi connectivity index (χ1v) is 20.9. The molecule has 2 atom stereocenters. The number of halogens is 6. The van der Waals surface area contributed by atoms with E-state index < -0.39 is 58.8 Å². The molecule has 0 N–H and O–H groups in total. The summed E-state index contributed by atoms with van der Waals surface area (Å²) in [7, 11) is 0. The van der Waals surface area contributed by atoms with Gasteiger partial charge in [0.05, 0.1) is 36.5 Å². The minimum Gasteiger partial charge on any atom is -0.494 e. The molecule has 0 aliphatic heterocycles. The van der Waals surface area contributed by atoms with Gasteiger partial charge in [-0.3, -0.25) is 0 Å². The molecule has 0 radical (unpaired) electrons. The van der Waals surface area contributed by atoms with Gasteiger partial charge in [0.2, 0.25) is 0 Å². The van der Waals surface area contributed by atoms with Crippen LogP contribution in [0.2, 0.25) is 0 Å². The van der Waals surface area contributed by atoms with E-state index in [2.05, 4.69) is 0 Å². The summed E-state index contributed by atoms with van der Waals surface area (Å²) in [5.74, 6) is 0.147. The van der Waals surface area contributed by atoms with Crippen molar-refractivity contribution in [2.24, 2.45) is 0 Å². The maximum absolute atomic E-state index is 14.4. The summed E-state index contributed by atoms with van der Waals surface area (Å²) in [4.78, 5) is 24.8. The lowest BCUT2D eigenvalue weighted by molar-refractivity contribution is -0.161. The van der Waals surface area contributed by atoms with Gasteiger partial charge in [0, 0.05) is 26.1 Å². The third-order valence-corrected chi connectivity index (χ3v) is 9.48. The zero-order chi connectivity index (χ0) is 45.5. The van der Waals surface area contributed by atoms with E-state index in [1.165, 1.54) is 12.1 Å². The van der Waals surface area contributed by atoms with Gasteiger partial charge in [-0.05, 0) is 137 Å². The summed E-state index contributed by atoms with van der Waals surface area (Å²) in [5, 5.41) is 0. The fourth-order valence-electron chi connectivity index (χ4n) is 6.68. The molecule has 62 heavy (non-hydrogen) atoms. The molecule has 4 aromatic carbocycles. The Morgan fingerprint density at radius 3 is 1.16 bits per heavy atom. The Hall–Kier alpha value is -5.08. The summed E-state index contributed by atoms with van der Waals surface area (Å²) < 4.78 is 120. The Kier molecular flexibility index (Phi) is 18.7. The Morgan fingerprint density at radius 1 is 0.516 bits per heavy atom. The van der Waals surface area contributed by atoms with Crippen molar-refractivity contribution in [3.05, 3.63) is 118 Å². The number of hydrogen-bond donors (Lipinski definition) is 0. The van der Waals surface area contributed by atoms with Gasteiger partial charge in [0.1, 0.15) is 11.5 Å². The van der Waals surface area contributed by atoms with E-state index in [1.807, 2.05) is 0 Å².